The zero-order chi connectivity index (χ0) is 14.0. The molecule has 1 atom stereocenters. The van der Waals surface area contributed by atoms with Gasteiger partial charge in [0.05, 0.1) is 13.5 Å². The van der Waals surface area contributed by atoms with Crippen molar-refractivity contribution in [3.8, 4) is 0 Å². The molecule has 1 heterocycles. The third-order valence-corrected chi connectivity index (χ3v) is 7.05. The summed E-state index contributed by atoms with van der Waals surface area (Å²) in [6, 6.07) is 8.85. The van der Waals surface area contributed by atoms with Gasteiger partial charge in [0.15, 0.2) is 0 Å². The molecule has 0 saturated carbocycles. The van der Waals surface area contributed by atoms with E-state index in [1.807, 2.05) is 12.1 Å². The molecule has 0 aliphatic heterocycles. The SMILES string of the molecule is O=[N+]([O-])c1ccccc1CC(Br)c1cc(Br)c(Br)s1. The summed E-state index contributed by atoms with van der Waals surface area (Å²) in [5, 5.41) is 11.0. The summed E-state index contributed by atoms with van der Waals surface area (Å²) in [4.78, 5) is 11.8. The third-order valence-electron chi connectivity index (χ3n) is 2.56. The molecule has 0 aliphatic rings. The molecule has 1 aromatic heterocycles. The highest BCUT2D eigenvalue weighted by atomic mass is 79.9. The maximum absolute atomic E-state index is 11.0. The Morgan fingerprint density at radius 3 is 2.58 bits per heavy atom. The molecule has 1 unspecified atom stereocenters. The third kappa shape index (κ3) is 3.65. The van der Waals surface area contributed by atoms with E-state index >= 15 is 0 Å². The maximum Gasteiger partial charge on any atom is 0.272 e. The predicted molar refractivity (Wildman–Crippen MR) is 88.2 cm³/mol. The Morgan fingerprint density at radius 2 is 2.00 bits per heavy atom. The molecule has 19 heavy (non-hydrogen) atoms. The molecular formula is C12H8Br3NO2S. The van der Waals surface area contributed by atoms with E-state index in [2.05, 4.69) is 47.8 Å². The van der Waals surface area contributed by atoms with Gasteiger partial charge in [-0.25, -0.2) is 0 Å². The summed E-state index contributed by atoms with van der Waals surface area (Å²) < 4.78 is 2.02. The van der Waals surface area contributed by atoms with Crippen LogP contribution < -0.4 is 0 Å². The number of rotatable bonds is 4. The van der Waals surface area contributed by atoms with Gasteiger partial charge in [-0.05, 0) is 44.3 Å². The molecule has 2 rings (SSSR count). The molecule has 1 aromatic carbocycles. The van der Waals surface area contributed by atoms with E-state index in [4.69, 9.17) is 0 Å². The standard InChI is InChI=1S/C12H8Br3NO2S/c13-8(11-6-9(14)12(15)19-11)5-7-3-1-2-4-10(7)16(17)18/h1-4,6,8H,5H2. The zero-order valence-corrected chi connectivity index (χ0v) is 15.1. The lowest BCUT2D eigenvalue weighted by molar-refractivity contribution is -0.385. The first-order chi connectivity index (χ1) is 8.99. The van der Waals surface area contributed by atoms with Crippen molar-refractivity contribution in [3.05, 3.63) is 59.1 Å². The van der Waals surface area contributed by atoms with Crippen molar-refractivity contribution in [2.45, 2.75) is 11.2 Å². The number of hydrogen-bond acceptors (Lipinski definition) is 3. The lowest BCUT2D eigenvalue weighted by Crippen LogP contribution is -1.98. The van der Waals surface area contributed by atoms with Crippen LogP contribution in [0, 0.1) is 10.1 Å². The van der Waals surface area contributed by atoms with Crippen LogP contribution in [0.1, 0.15) is 15.3 Å². The van der Waals surface area contributed by atoms with Gasteiger partial charge in [0, 0.05) is 21.0 Å². The van der Waals surface area contributed by atoms with Gasteiger partial charge in [-0.2, -0.15) is 0 Å². The normalized spacial score (nSPS) is 12.4. The van der Waals surface area contributed by atoms with E-state index in [1.54, 1.807) is 23.5 Å². The van der Waals surface area contributed by atoms with E-state index in [0.29, 0.717) is 6.42 Å². The number of nitrogens with zero attached hydrogens (tertiary/aromatic N) is 1. The lowest BCUT2D eigenvalue weighted by Gasteiger charge is -2.07. The summed E-state index contributed by atoms with van der Waals surface area (Å²) >= 11 is 12.1. The van der Waals surface area contributed by atoms with E-state index in [1.165, 1.54) is 6.07 Å². The second-order valence-electron chi connectivity index (χ2n) is 3.83. The molecule has 0 aliphatic carbocycles. The van der Waals surface area contributed by atoms with Crippen molar-refractivity contribution in [3.63, 3.8) is 0 Å². The molecule has 2 aromatic rings. The molecule has 0 bridgehead atoms. The Balaban J connectivity index is 2.24. The predicted octanol–water partition coefficient (Wildman–Crippen LogP) is 5.86. The molecule has 7 heteroatoms. The molecule has 0 N–H and O–H groups in total. The monoisotopic (exact) mass is 467 g/mol. The van der Waals surface area contributed by atoms with Crippen LogP contribution in [0.15, 0.2) is 38.6 Å². The fourth-order valence-electron chi connectivity index (χ4n) is 1.67. The van der Waals surface area contributed by atoms with Crippen molar-refractivity contribution < 1.29 is 4.92 Å². The largest absolute Gasteiger partial charge is 0.272 e. The first kappa shape index (κ1) is 15.2. The highest BCUT2D eigenvalue weighted by Crippen LogP contribution is 2.40. The Labute approximate surface area is 139 Å². The van der Waals surface area contributed by atoms with Crippen molar-refractivity contribution in [1.82, 2.24) is 0 Å². The molecular weight excluding hydrogens is 462 g/mol. The van der Waals surface area contributed by atoms with Crippen LogP contribution >= 0.6 is 59.1 Å². The second kappa shape index (κ2) is 6.47. The summed E-state index contributed by atoms with van der Waals surface area (Å²) in [5.74, 6) is 0. The minimum atomic E-state index is -0.338. The average Bonchev–Trinajstić information content (AvgIpc) is 2.70. The van der Waals surface area contributed by atoms with Crippen LogP contribution in [-0.2, 0) is 6.42 Å². The maximum atomic E-state index is 11.0. The van der Waals surface area contributed by atoms with E-state index < -0.39 is 0 Å². The van der Waals surface area contributed by atoms with Crippen LogP contribution in [0.2, 0.25) is 0 Å². The summed E-state index contributed by atoms with van der Waals surface area (Å²) in [5.41, 5.74) is 0.900. The van der Waals surface area contributed by atoms with Gasteiger partial charge in [0.25, 0.3) is 5.69 Å². The van der Waals surface area contributed by atoms with Gasteiger partial charge in [0.2, 0.25) is 0 Å². The summed E-state index contributed by atoms with van der Waals surface area (Å²) in [6.45, 7) is 0. The number of benzene rings is 1. The highest BCUT2D eigenvalue weighted by molar-refractivity contribution is 9.13. The number of nitro benzene ring substituents is 1. The zero-order valence-electron chi connectivity index (χ0n) is 9.48. The lowest BCUT2D eigenvalue weighted by atomic mass is 10.1. The smallest absolute Gasteiger partial charge is 0.258 e. The topological polar surface area (TPSA) is 43.1 Å². The summed E-state index contributed by atoms with van der Waals surface area (Å²) in [6.07, 6.45) is 0.580. The fourth-order valence-corrected chi connectivity index (χ4v) is 4.50. The van der Waals surface area contributed by atoms with Gasteiger partial charge >= 0.3 is 0 Å². The van der Waals surface area contributed by atoms with Crippen LogP contribution in [0.4, 0.5) is 5.69 Å². The van der Waals surface area contributed by atoms with Crippen molar-refractivity contribution >= 4 is 64.8 Å². The number of nitro groups is 1. The van der Waals surface area contributed by atoms with Crippen LogP contribution in [0.25, 0.3) is 0 Å². The van der Waals surface area contributed by atoms with Crippen molar-refractivity contribution in [1.29, 1.82) is 0 Å². The minimum Gasteiger partial charge on any atom is -0.258 e. The van der Waals surface area contributed by atoms with E-state index in [9.17, 15) is 10.1 Å². The Kier molecular flexibility index (Phi) is 5.16. The average molecular weight is 470 g/mol. The quantitative estimate of drug-likeness (QED) is 0.320. The second-order valence-corrected chi connectivity index (χ2v) is 8.19. The molecule has 0 saturated heterocycles. The molecule has 0 fully saturated rings. The number of thiophene rings is 1. The minimum absolute atomic E-state index is 0.0567. The van der Waals surface area contributed by atoms with E-state index in [0.717, 1.165) is 18.7 Å². The van der Waals surface area contributed by atoms with Gasteiger partial charge in [0.1, 0.15) is 0 Å². The Hall–Kier alpha value is -0.240. The first-order valence-corrected chi connectivity index (χ1v) is 8.62. The number of halogens is 3. The van der Waals surface area contributed by atoms with Gasteiger partial charge < -0.3 is 0 Å². The van der Waals surface area contributed by atoms with Gasteiger partial charge in [-0.1, -0.05) is 34.1 Å². The Bertz CT molecular complexity index is 595. The number of hydrogen-bond donors (Lipinski definition) is 0. The van der Waals surface area contributed by atoms with Crippen molar-refractivity contribution in [2.75, 3.05) is 0 Å². The molecule has 0 amide bonds. The van der Waals surface area contributed by atoms with Crippen molar-refractivity contribution in [2.24, 2.45) is 0 Å². The fraction of sp³-hybridized carbons (Fsp3) is 0.167. The highest BCUT2D eigenvalue weighted by Gasteiger charge is 2.19. The van der Waals surface area contributed by atoms with Crippen LogP contribution in [-0.4, -0.2) is 4.92 Å². The molecule has 0 spiro atoms. The Morgan fingerprint density at radius 1 is 1.32 bits per heavy atom. The molecule has 3 nitrogen and oxygen atoms in total. The number of alkyl halides is 1. The molecule has 100 valence electrons. The van der Waals surface area contributed by atoms with Gasteiger partial charge in [-0.3, -0.25) is 10.1 Å². The van der Waals surface area contributed by atoms with E-state index in [-0.39, 0.29) is 15.4 Å². The summed E-state index contributed by atoms with van der Waals surface area (Å²) in [7, 11) is 0. The van der Waals surface area contributed by atoms with Gasteiger partial charge in [-0.15, -0.1) is 11.3 Å². The van der Waals surface area contributed by atoms with Crippen LogP contribution in [0.5, 0.6) is 0 Å². The van der Waals surface area contributed by atoms with Crippen LogP contribution in [0.3, 0.4) is 0 Å². The number of para-hydroxylation sites is 1. The molecule has 0 radical (unpaired) electrons. The first-order valence-electron chi connectivity index (χ1n) is 5.30.